The van der Waals surface area contributed by atoms with Crippen molar-refractivity contribution in [1.82, 2.24) is 0 Å². The molecule has 2 N–H and O–H groups in total. The topological polar surface area (TPSA) is 26.0 Å². The Hall–Kier alpha value is -0.410. The zero-order valence-electron chi connectivity index (χ0n) is 11.8. The molecule has 19 heavy (non-hydrogen) atoms. The third-order valence-corrected chi connectivity index (χ3v) is 3.97. The summed E-state index contributed by atoms with van der Waals surface area (Å²) in [5.74, 6) is -0.196. The predicted octanol–water partition coefficient (Wildman–Crippen LogP) is 5.73. The Labute approximate surface area is 124 Å². The van der Waals surface area contributed by atoms with Crippen molar-refractivity contribution < 1.29 is 4.39 Å². The van der Waals surface area contributed by atoms with Crippen molar-refractivity contribution in [1.29, 1.82) is 0 Å². The molecule has 1 rings (SSSR count). The van der Waals surface area contributed by atoms with Crippen LogP contribution in [0.1, 0.15) is 69.9 Å². The number of hydrogen-bond donors (Lipinski definition) is 1. The van der Waals surface area contributed by atoms with Gasteiger partial charge in [0, 0.05) is 16.1 Å². The number of rotatable bonds is 9. The van der Waals surface area contributed by atoms with E-state index in [1.54, 1.807) is 12.1 Å². The van der Waals surface area contributed by atoms with Gasteiger partial charge < -0.3 is 5.73 Å². The summed E-state index contributed by atoms with van der Waals surface area (Å²) in [6, 6.07) is 4.79. The lowest BCUT2D eigenvalue weighted by atomic mass is 10.00. The summed E-state index contributed by atoms with van der Waals surface area (Å²) in [4.78, 5) is 0. The van der Waals surface area contributed by atoms with E-state index in [0.29, 0.717) is 5.56 Å². The van der Waals surface area contributed by atoms with Gasteiger partial charge in [0.15, 0.2) is 0 Å². The maximum atomic E-state index is 13.6. The van der Waals surface area contributed by atoms with Gasteiger partial charge in [0.05, 0.1) is 0 Å². The van der Waals surface area contributed by atoms with E-state index >= 15 is 0 Å². The van der Waals surface area contributed by atoms with Crippen LogP contribution >= 0.6 is 15.9 Å². The summed E-state index contributed by atoms with van der Waals surface area (Å²) >= 11 is 3.36. The molecule has 0 saturated carbocycles. The second-order valence-corrected chi connectivity index (χ2v) is 6.10. The van der Waals surface area contributed by atoms with E-state index < -0.39 is 0 Å². The molecule has 1 unspecified atom stereocenters. The molecular formula is C16H25BrFN. The molecule has 1 aromatic rings. The van der Waals surface area contributed by atoms with E-state index in [1.165, 1.54) is 44.6 Å². The van der Waals surface area contributed by atoms with Crippen molar-refractivity contribution in [3.63, 3.8) is 0 Å². The molecule has 3 heteroatoms. The fourth-order valence-corrected chi connectivity index (χ4v) is 2.65. The van der Waals surface area contributed by atoms with Gasteiger partial charge in [-0.2, -0.15) is 0 Å². The highest BCUT2D eigenvalue weighted by atomic mass is 79.9. The number of benzene rings is 1. The third-order valence-electron chi connectivity index (χ3n) is 3.48. The van der Waals surface area contributed by atoms with E-state index in [9.17, 15) is 4.39 Å². The highest BCUT2D eigenvalue weighted by molar-refractivity contribution is 9.10. The van der Waals surface area contributed by atoms with Gasteiger partial charge >= 0.3 is 0 Å². The first kappa shape index (κ1) is 16.6. The van der Waals surface area contributed by atoms with Gasteiger partial charge in [-0.15, -0.1) is 0 Å². The van der Waals surface area contributed by atoms with Gasteiger partial charge in [-0.1, -0.05) is 67.8 Å². The Bertz CT molecular complexity index is 368. The van der Waals surface area contributed by atoms with E-state index in [0.717, 1.165) is 17.3 Å². The maximum Gasteiger partial charge on any atom is 0.128 e. The Morgan fingerprint density at radius 2 is 1.74 bits per heavy atom. The van der Waals surface area contributed by atoms with Crippen LogP contribution in [-0.4, -0.2) is 0 Å². The molecule has 0 saturated heterocycles. The van der Waals surface area contributed by atoms with Crippen LogP contribution in [0, 0.1) is 5.82 Å². The second kappa shape index (κ2) is 9.49. The van der Waals surface area contributed by atoms with E-state index in [-0.39, 0.29) is 11.9 Å². The first-order valence-electron chi connectivity index (χ1n) is 7.35. The minimum Gasteiger partial charge on any atom is -0.324 e. The Morgan fingerprint density at radius 1 is 1.11 bits per heavy atom. The summed E-state index contributed by atoms with van der Waals surface area (Å²) in [7, 11) is 0. The van der Waals surface area contributed by atoms with Crippen molar-refractivity contribution >= 4 is 15.9 Å². The molecule has 0 aromatic heterocycles. The van der Waals surface area contributed by atoms with Crippen LogP contribution in [0.3, 0.4) is 0 Å². The van der Waals surface area contributed by atoms with Gasteiger partial charge in [0.25, 0.3) is 0 Å². The molecule has 0 bridgehead atoms. The second-order valence-electron chi connectivity index (χ2n) is 5.18. The quantitative estimate of drug-likeness (QED) is 0.575. The summed E-state index contributed by atoms with van der Waals surface area (Å²) in [5, 5.41) is 0. The molecule has 1 aromatic carbocycles. The van der Waals surface area contributed by atoms with Crippen LogP contribution < -0.4 is 5.73 Å². The summed E-state index contributed by atoms with van der Waals surface area (Å²) in [5.41, 5.74) is 6.69. The summed E-state index contributed by atoms with van der Waals surface area (Å²) < 4.78 is 14.5. The average molecular weight is 330 g/mol. The third kappa shape index (κ3) is 6.53. The van der Waals surface area contributed by atoms with E-state index in [2.05, 4.69) is 22.9 Å². The van der Waals surface area contributed by atoms with Crippen molar-refractivity contribution in [3.05, 3.63) is 34.1 Å². The van der Waals surface area contributed by atoms with Crippen LogP contribution in [0.25, 0.3) is 0 Å². The van der Waals surface area contributed by atoms with Crippen molar-refractivity contribution in [2.45, 2.75) is 64.3 Å². The lowest BCUT2D eigenvalue weighted by molar-refractivity contribution is 0.520. The normalized spacial score (nSPS) is 12.6. The van der Waals surface area contributed by atoms with Crippen LogP contribution in [-0.2, 0) is 0 Å². The van der Waals surface area contributed by atoms with Crippen LogP contribution in [0.15, 0.2) is 22.7 Å². The minimum atomic E-state index is -0.196. The molecule has 0 aliphatic carbocycles. The number of unbranched alkanes of at least 4 members (excludes halogenated alkanes) is 6. The molecule has 0 fully saturated rings. The zero-order valence-corrected chi connectivity index (χ0v) is 13.4. The van der Waals surface area contributed by atoms with E-state index in [1.807, 2.05) is 0 Å². The first-order chi connectivity index (χ1) is 9.15. The number of hydrogen-bond acceptors (Lipinski definition) is 1. The smallest absolute Gasteiger partial charge is 0.128 e. The molecule has 0 heterocycles. The van der Waals surface area contributed by atoms with Crippen LogP contribution in [0.4, 0.5) is 4.39 Å². The molecule has 0 amide bonds. The van der Waals surface area contributed by atoms with Crippen LogP contribution in [0.2, 0.25) is 0 Å². The Kier molecular flexibility index (Phi) is 8.31. The van der Waals surface area contributed by atoms with Gasteiger partial charge in [-0.25, -0.2) is 4.39 Å². The predicted molar refractivity (Wildman–Crippen MR) is 83.6 cm³/mol. The van der Waals surface area contributed by atoms with Crippen molar-refractivity contribution in [2.24, 2.45) is 5.73 Å². The molecule has 0 aliphatic heterocycles. The van der Waals surface area contributed by atoms with Gasteiger partial charge in [0.2, 0.25) is 0 Å². The standard InChI is InChI=1S/C16H25BrFN/c1-2-3-4-5-6-7-8-9-16(19)14-12-13(17)10-11-15(14)18/h10-12,16H,2-9,19H2,1H3. The molecule has 1 atom stereocenters. The fourth-order valence-electron chi connectivity index (χ4n) is 2.28. The summed E-state index contributed by atoms with van der Waals surface area (Å²) in [6.45, 7) is 2.23. The average Bonchev–Trinajstić information content (AvgIpc) is 2.40. The summed E-state index contributed by atoms with van der Waals surface area (Å²) in [6.07, 6.45) is 9.69. The van der Waals surface area contributed by atoms with Gasteiger partial charge in [-0.05, 0) is 24.6 Å². The largest absolute Gasteiger partial charge is 0.324 e. The maximum absolute atomic E-state index is 13.6. The Morgan fingerprint density at radius 3 is 2.42 bits per heavy atom. The molecular weight excluding hydrogens is 305 g/mol. The highest BCUT2D eigenvalue weighted by Gasteiger charge is 2.11. The number of halogens is 2. The van der Waals surface area contributed by atoms with Crippen LogP contribution in [0.5, 0.6) is 0 Å². The zero-order chi connectivity index (χ0) is 14.1. The van der Waals surface area contributed by atoms with Crippen molar-refractivity contribution in [3.8, 4) is 0 Å². The minimum absolute atomic E-state index is 0.187. The molecule has 1 nitrogen and oxygen atoms in total. The first-order valence-corrected chi connectivity index (χ1v) is 8.15. The molecule has 0 radical (unpaired) electrons. The SMILES string of the molecule is CCCCCCCCCC(N)c1cc(Br)ccc1F. The van der Waals surface area contributed by atoms with Gasteiger partial charge in [0.1, 0.15) is 5.82 Å². The monoisotopic (exact) mass is 329 g/mol. The van der Waals surface area contributed by atoms with Crippen molar-refractivity contribution in [2.75, 3.05) is 0 Å². The molecule has 0 aliphatic rings. The fraction of sp³-hybridized carbons (Fsp3) is 0.625. The molecule has 108 valence electrons. The Balaban J connectivity index is 2.23. The highest BCUT2D eigenvalue weighted by Crippen LogP contribution is 2.24. The molecule has 0 spiro atoms. The van der Waals surface area contributed by atoms with Gasteiger partial charge in [-0.3, -0.25) is 0 Å². The lowest BCUT2D eigenvalue weighted by Crippen LogP contribution is -2.12. The number of nitrogens with two attached hydrogens (primary N) is 1. The lowest BCUT2D eigenvalue weighted by Gasteiger charge is -2.13. The van der Waals surface area contributed by atoms with E-state index in [4.69, 9.17) is 5.73 Å².